The minimum absolute atomic E-state index is 0. The Hall–Kier alpha value is -1.80. The van der Waals surface area contributed by atoms with Crippen molar-refractivity contribution < 1.29 is 51.8 Å². The van der Waals surface area contributed by atoms with Crippen LogP contribution in [-0.4, -0.2) is 75.7 Å². The molecule has 1 amide bonds. The van der Waals surface area contributed by atoms with E-state index in [1.807, 2.05) is 0 Å². The normalized spacial score (nSPS) is 12.5. The Bertz CT molecular complexity index is 871. The average molecular weight is 770 g/mol. The molecule has 0 aromatic carbocycles. The van der Waals surface area contributed by atoms with Crippen LogP contribution < -0.4 is 17.6 Å². The number of hydrogen-bond acceptors (Lipinski definition) is 11. The monoisotopic (exact) mass is 770 g/mol. The number of hydrogen-bond donors (Lipinski definition) is 3. The largest absolute Gasteiger partial charge is 0.472 e. The van der Waals surface area contributed by atoms with E-state index >= 15 is 0 Å². The van der Waals surface area contributed by atoms with Gasteiger partial charge in [-0.25, -0.2) is 9.36 Å². The van der Waals surface area contributed by atoms with Crippen LogP contribution in [0.2, 0.25) is 0 Å². The number of esters is 2. The SMILES string of the molecule is CCCCCCCCCCCCCC(=O)OCC(COP(=O)(O)OCCNC(=O)OCCOC)OC(=O)CCCCCCCCCCCCC.N.[NH]. The van der Waals surface area contributed by atoms with Crippen LogP contribution in [0.4, 0.5) is 4.79 Å². The van der Waals surface area contributed by atoms with Crippen LogP contribution in [0.5, 0.6) is 0 Å². The number of ether oxygens (including phenoxy) is 4. The third kappa shape index (κ3) is 39.4. The van der Waals surface area contributed by atoms with E-state index in [0.717, 1.165) is 38.5 Å². The maximum absolute atomic E-state index is 12.6. The summed E-state index contributed by atoms with van der Waals surface area (Å²) in [5.41, 5.74) is 0. The molecule has 0 aromatic heterocycles. The fourth-order valence-corrected chi connectivity index (χ4v) is 6.03. The number of nitrogens with one attached hydrogen (secondary N) is 2. The number of amides is 1. The molecule has 0 fully saturated rings. The van der Waals surface area contributed by atoms with Gasteiger partial charge in [-0.1, -0.05) is 142 Å². The van der Waals surface area contributed by atoms with Crippen molar-refractivity contribution in [1.82, 2.24) is 17.6 Å². The maximum Gasteiger partial charge on any atom is 0.472 e. The van der Waals surface area contributed by atoms with Crippen molar-refractivity contribution in [3.8, 4) is 0 Å². The number of carbonyl (C=O) groups is 3. The Balaban J connectivity index is -0.0000120. The first-order chi connectivity index (χ1) is 24.2. The van der Waals surface area contributed by atoms with E-state index in [-0.39, 0.29) is 58.1 Å². The van der Waals surface area contributed by atoms with Gasteiger partial charge in [0.05, 0.1) is 19.8 Å². The summed E-state index contributed by atoms with van der Waals surface area (Å²) < 4.78 is 42.8. The number of alkyl carbamates (subject to hydrolysis) is 1. The topological polar surface area (TPSA) is 223 Å². The Morgan fingerprint density at radius 1 is 0.596 bits per heavy atom. The third-order valence-electron chi connectivity index (χ3n) is 8.27. The number of unbranched alkanes of at least 4 members (excludes halogenated alkanes) is 20. The minimum atomic E-state index is -4.56. The molecule has 0 saturated carbocycles. The summed E-state index contributed by atoms with van der Waals surface area (Å²) in [4.78, 5) is 46.7. The second-order valence-electron chi connectivity index (χ2n) is 13.0. The molecule has 52 heavy (non-hydrogen) atoms. The van der Waals surface area contributed by atoms with Crippen LogP contribution in [0, 0.1) is 0 Å². The van der Waals surface area contributed by atoms with Crippen LogP contribution in [0.1, 0.15) is 168 Å². The van der Waals surface area contributed by atoms with Crippen LogP contribution in [0.3, 0.4) is 0 Å². The minimum Gasteiger partial charge on any atom is -0.462 e. The second-order valence-corrected chi connectivity index (χ2v) is 14.5. The predicted molar refractivity (Wildman–Crippen MR) is 204 cm³/mol. The molecule has 0 aliphatic rings. The van der Waals surface area contributed by atoms with Gasteiger partial charge in [0.25, 0.3) is 0 Å². The fourth-order valence-electron chi connectivity index (χ4n) is 5.28. The highest BCUT2D eigenvalue weighted by atomic mass is 31.2. The first-order valence-electron chi connectivity index (χ1n) is 19.6. The van der Waals surface area contributed by atoms with E-state index < -0.39 is 38.6 Å². The maximum atomic E-state index is 12.6. The standard InChI is InChI=1S/C37H72NO11P.H3N.HN/c1-4-6-8-10-12-14-16-18-20-22-24-26-35(39)46-32-34(33-48-50(42,43)47-29-28-38-37(41)45-31-30-44-3)49-36(40)27-25-23-21-19-17-15-13-11-9-7-5-2;;/h34H,4-33H2,1-3H3,(H,38,41)(H,42,43);1H3;1H. The van der Waals surface area contributed by atoms with E-state index in [1.165, 1.54) is 97.0 Å². The summed E-state index contributed by atoms with van der Waals surface area (Å²) in [6.45, 7) is 3.52. The van der Waals surface area contributed by atoms with Gasteiger partial charge >= 0.3 is 25.9 Å². The molecule has 2 unspecified atom stereocenters. The summed E-state index contributed by atoms with van der Waals surface area (Å²) in [6, 6.07) is 0. The highest BCUT2D eigenvalue weighted by molar-refractivity contribution is 7.47. The van der Waals surface area contributed by atoms with E-state index in [1.54, 1.807) is 0 Å². The van der Waals surface area contributed by atoms with Crippen LogP contribution in [0.25, 0.3) is 0 Å². The molecule has 14 nitrogen and oxygen atoms in total. The number of phosphoric acid groups is 1. The third-order valence-corrected chi connectivity index (χ3v) is 9.25. The molecule has 0 rings (SSSR count). The summed E-state index contributed by atoms with van der Waals surface area (Å²) in [6.07, 6.45) is 24.2. The smallest absolute Gasteiger partial charge is 0.462 e. The van der Waals surface area contributed by atoms with Gasteiger partial charge < -0.3 is 35.3 Å². The molecule has 0 aliphatic carbocycles. The van der Waals surface area contributed by atoms with Crippen molar-refractivity contribution in [3.63, 3.8) is 0 Å². The lowest BCUT2D eigenvalue weighted by molar-refractivity contribution is -0.161. The molecule has 0 aliphatic heterocycles. The molecule has 0 spiro atoms. The van der Waals surface area contributed by atoms with E-state index in [0.29, 0.717) is 12.8 Å². The lowest BCUT2D eigenvalue weighted by Gasteiger charge is -2.20. The average Bonchev–Trinajstić information content (AvgIpc) is 3.09. The number of phosphoric ester groups is 1. The molecular weight excluding hydrogens is 693 g/mol. The number of methoxy groups -OCH3 is 1. The molecule has 6 N–H and O–H groups in total. The molecule has 0 aromatic rings. The quantitative estimate of drug-likeness (QED) is 0.0233. The molecule has 310 valence electrons. The zero-order valence-corrected chi connectivity index (χ0v) is 33.9. The first-order valence-corrected chi connectivity index (χ1v) is 21.1. The zero-order valence-electron chi connectivity index (χ0n) is 33.0. The Morgan fingerprint density at radius 3 is 1.50 bits per heavy atom. The van der Waals surface area contributed by atoms with E-state index in [2.05, 4.69) is 19.2 Å². The van der Waals surface area contributed by atoms with Crippen LogP contribution in [-0.2, 0) is 42.1 Å². The number of rotatable bonds is 37. The van der Waals surface area contributed by atoms with Crippen molar-refractivity contribution in [2.24, 2.45) is 0 Å². The highest BCUT2D eigenvalue weighted by Crippen LogP contribution is 2.43. The first kappa shape index (κ1) is 54.5. The number of carbonyl (C=O) groups excluding carboxylic acids is 3. The van der Waals surface area contributed by atoms with Crippen LogP contribution >= 0.6 is 7.82 Å². The summed E-state index contributed by atoms with van der Waals surface area (Å²) in [7, 11) is -3.08. The van der Waals surface area contributed by atoms with Gasteiger partial charge in [-0.3, -0.25) is 18.6 Å². The molecular formula is C37H76N3O11P. The van der Waals surface area contributed by atoms with Gasteiger partial charge in [0.2, 0.25) is 0 Å². The Morgan fingerprint density at radius 2 is 1.04 bits per heavy atom. The Labute approximate surface area is 315 Å². The molecule has 0 bridgehead atoms. The summed E-state index contributed by atoms with van der Waals surface area (Å²) in [5.74, 6) is -0.903. The molecule has 2 radical (unpaired) electrons. The van der Waals surface area contributed by atoms with Gasteiger partial charge in [-0.15, -0.1) is 0 Å². The van der Waals surface area contributed by atoms with Crippen LogP contribution in [0.15, 0.2) is 0 Å². The van der Waals surface area contributed by atoms with E-state index in [9.17, 15) is 23.8 Å². The van der Waals surface area contributed by atoms with Crippen molar-refractivity contribution in [2.75, 3.05) is 46.7 Å². The Kier molecular flexibility index (Phi) is 42.4. The van der Waals surface area contributed by atoms with Crippen molar-refractivity contribution in [2.45, 2.75) is 174 Å². The summed E-state index contributed by atoms with van der Waals surface area (Å²) in [5, 5.41) is 2.37. The fraction of sp³-hybridized carbons (Fsp3) is 0.919. The van der Waals surface area contributed by atoms with Crippen molar-refractivity contribution in [1.29, 1.82) is 0 Å². The van der Waals surface area contributed by atoms with Crippen molar-refractivity contribution in [3.05, 3.63) is 0 Å². The molecule has 15 heteroatoms. The van der Waals surface area contributed by atoms with Gasteiger partial charge in [0.15, 0.2) is 6.10 Å². The second kappa shape index (κ2) is 40.4. The lowest BCUT2D eigenvalue weighted by Crippen LogP contribution is -2.30. The van der Waals surface area contributed by atoms with E-state index in [4.69, 9.17) is 28.0 Å². The lowest BCUT2D eigenvalue weighted by atomic mass is 10.1. The molecule has 0 heterocycles. The van der Waals surface area contributed by atoms with Crippen molar-refractivity contribution >= 4 is 25.9 Å². The summed E-state index contributed by atoms with van der Waals surface area (Å²) >= 11 is 0. The predicted octanol–water partition coefficient (Wildman–Crippen LogP) is 9.25. The van der Waals surface area contributed by atoms with Gasteiger partial charge in [0.1, 0.15) is 13.2 Å². The van der Waals surface area contributed by atoms with Gasteiger partial charge in [-0.05, 0) is 12.8 Å². The van der Waals surface area contributed by atoms with Gasteiger partial charge in [-0.2, -0.15) is 6.15 Å². The molecule has 2 atom stereocenters. The molecule has 0 saturated heterocycles. The van der Waals surface area contributed by atoms with Gasteiger partial charge in [0, 0.05) is 26.5 Å². The zero-order chi connectivity index (χ0) is 37.0. The highest BCUT2D eigenvalue weighted by Gasteiger charge is 2.26.